The lowest BCUT2D eigenvalue weighted by molar-refractivity contribution is 0.465. The van der Waals surface area contributed by atoms with Crippen molar-refractivity contribution in [3.63, 3.8) is 0 Å². The Bertz CT molecular complexity index is 727. The first kappa shape index (κ1) is 15.7. The van der Waals surface area contributed by atoms with Gasteiger partial charge in [0.15, 0.2) is 0 Å². The average molecular weight is 304 g/mol. The van der Waals surface area contributed by atoms with Crippen LogP contribution < -0.4 is 5.73 Å². The Morgan fingerprint density at radius 2 is 1.57 bits per heavy atom. The van der Waals surface area contributed by atoms with Crippen LogP contribution in [-0.2, 0) is 23.1 Å². The fourth-order valence-electron chi connectivity index (χ4n) is 2.20. The predicted molar refractivity (Wildman–Crippen MR) is 84.2 cm³/mol. The van der Waals surface area contributed by atoms with Crippen molar-refractivity contribution in [2.75, 3.05) is 7.05 Å². The topological polar surface area (TPSA) is 63.4 Å². The number of hydrogen-bond acceptors (Lipinski definition) is 3. The molecule has 0 unspecified atom stereocenters. The highest BCUT2D eigenvalue weighted by Gasteiger charge is 2.23. The summed E-state index contributed by atoms with van der Waals surface area (Å²) in [5, 5.41) is 0. The Morgan fingerprint density at radius 3 is 2.19 bits per heavy atom. The Kier molecular flexibility index (Phi) is 4.77. The maximum Gasteiger partial charge on any atom is 0.243 e. The van der Waals surface area contributed by atoms with Crippen LogP contribution in [0.4, 0.5) is 0 Å². The molecule has 2 N–H and O–H groups in total. The molecule has 112 valence electrons. The van der Waals surface area contributed by atoms with Gasteiger partial charge in [-0.1, -0.05) is 42.5 Å². The predicted octanol–water partition coefficient (Wildman–Crippen LogP) is 2.27. The summed E-state index contributed by atoms with van der Waals surface area (Å²) in [5.41, 5.74) is 8.34. The van der Waals surface area contributed by atoms with E-state index in [1.54, 1.807) is 31.3 Å². The van der Waals surface area contributed by atoms with Crippen LogP contribution in [-0.4, -0.2) is 19.8 Å². The highest BCUT2D eigenvalue weighted by atomic mass is 32.2. The van der Waals surface area contributed by atoms with Gasteiger partial charge in [-0.2, -0.15) is 4.31 Å². The molecule has 0 saturated carbocycles. The zero-order valence-electron chi connectivity index (χ0n) is 12.3. The Morgan fingerprint density at radius 1 is 1.00 bits per heavy atom. The first-order chi connectivity index (χ1) is 9.96. The molecule has 0 radical (unpaired) electrons. The number of aryl methyl sites for hydroxylation is 1. The molecule has 0 spiro atoms. The minimum atomic E-state index is -3.54. The molecular formula is C16H20N2O2S. The van der Waals surface area contributed by atoms with Crippen molar-refractivity contribution in [1.29, 1.82) is 0 Å². The number of hydrogen-bond donors (Lipinski definition) is 1. The monoisotopic (exact) mass is 304 g/mol. The summed E-state index contributed by atoms with van der Waals surface area (Å²) in [6, 6.07) is 14.6. The van der Waals surface area contributed by atoms with Crippen LogP contribution in [0.25, 0.3) is 0 Å². The Labute approximate surface area is 126 Å². The van der Waals surface area contributed by atoms with Crippen LogP contribution in [0.1, 0.15) is 16.7 Å². The van der Waals surface area contributed by atoms with Crippen molar-refractivity contribution in [3.8, 4) is 0 Å². The van der Waals surface area contributed by atoms with Gasteiger partial charge < -0.3 is 5.73 Å². The summed E-state index contributed by atoms with van der Waals surface area (Å²) >= 11 is 0. The van der Waals surface area contributed by atoms with Gasteiger partial charge in [-0.15, -0.1) is 0 Å². The van der Waals surface area contributed by atoms with Gasteiger partial charge in [0, 0.05) is 20.1 Å². The lowest BCUT2D eigenvalue weighted by Gasteiger charge is -2.20. The van der Waals surface area contributed by atoms with E-state index in [1.807, 2.05) is 31.2 Å². The zero-order valence-corrected chi connectivity index (χ0v) is 13.1. The molecule has 2 aromatic rings. The van der Waals surface area contributed by atoms with Crippen LogP contribution in [0.3, 0.4) is 0 Å². The minimum absolute atomic E-state index is 0.202. The molecule has 0 aliphatic rings. The molecule has 0 saturated heterocycles. The highest BCUT2D eigenvalue weighted by Crippen LogP contribution is 2.21. The second-order valence-electron chi connectivity index (χ2n) is 5.00. The molecule has 5 heteroatoms. The van der Waals surface area contributed by atoms with Gasteiger partial charge in [0.25, 0.3) is 0 Å². The number of benzene rings is 2. The molecule has 0 amide bonds. The largest absolute Gasteiger partial charge is 0.326 e. The second-order valence-corrected chi connectivity index (χ2v) is 7.01. The SMILES string of the molecule is Cc1ccccc1CN(C)S(=O)(=O)c1ccccc1CN. The number of nitrogens with two attached hydrogens (primary N) is 1. The molecular weight excluding hydrogens is 284 g/mol. The summed E-state index contributed by atoms with van der Waals surface area (Å²) in [6.45, 7) is 2.52. The van der Waals surface area contributed by atoms with E-state index in [4.69, 9.17) is 5.73 Å². The molecule has 0 aliphatic carbocycles. The van der Waals surface area contributed by atoms with E-state index in [2.05, 4.69) is 0 Å². The van der Waals surface area contributed by atoms with E-state index < -0.39 is 10.0 Å². The number of sulfonamides is 1. The standard InChI is InChI=1S/C16H20N2O2S/c1-13-7-3-4-9-15(13)12-18(2)21(19,20)16-10-6-5-8-14(16)11-17/h3-10H,11-12,17H2,1-2H3. The van der Waals surface area contributed by atoms with Crippen LogP contribution in [0, 0.1) is 6.92 Å². The van der Waals surface area contributed by atoms with Crippen molar-refractivity contribution in [2.24, 2.45) is 5.73 Å². The molecule has 0 fully saturated rings. The first-order valence-corrected chi connectivity index (χ1v) is 8.19. The van der Waals surface area contributed by atoms with Crippen molar-refractivity contribution in [3.05, 3.63) is 65.2 Å². The molecule has 0 bridgehead atoms. The average Bonchev–Trinajstić information content (AvgIpc) is 2.49. The first-order valence-electron chi connectivity index (χ1n) is 6.75. The van der Waals surface area contributed by atoms with Crippen LogP contribution in [0.5, 0.6) is 0 Å². The molecule has 2 rings (SSSR count). The molecule has 2 aromatic carbocycles. The van der Waals surface area contributed by atoms with Gasteiger partial charge in [0.2, 0.25) is 10.0 Å². The van der Waals surface area contributed by atoms with E-state index in [-0.39, 0.29) is 11.4 Å². The van der Waals surface area contributed by atoms with Gasteiger partial charge in [0.05, 0.1) is 4.90 Å². The third-order valence-corrected chi connectivity index (χ3v) is 5.44. The van der Waals surface area contributed by atoms with Gasteiger partial charge in [0.1, 0.15) is 0 Å². The summed E-state index contributed by atoms with van der Waals surface area (Å²) in [6.07, 6.45) is 0. The lowest BCUT2D eigenvalue weighted by Crippen LogP contribution is -2.28. The quantitative estimate of drug-likeness (QED) is 0.921. The zero-order chi connectivity index (χ0) is 15.5. The molecule has 0 atom stereocenters. The van der Waals surface area contributed by atoms with Gasteiger partial charge >= 0.3 is 0 Å². The normalized spacial score (nSPS) is 11.8. The van der Waals surface area contributed by atoms with E-state index in [0.29, 0.717) is 12.1 Å². The van der Waals surface area contributed by atoms with Gasteiger partial charge in [-0.25, -0.2) is 8.42 Å². The van der Waals surface area contributed by atoms with Crippen LogP contribution in [0.2, 0.25) is 0 Å². The molecule has 0 aromatic heterocycles. The van der Waals surface area contributed by atoms with Gasteiger partial charge in [-0.05, 0) is 29.7 Å². The van der Waals surface area contributed by atoms with E-state index >= 15 is 0 Å². The summed E-state index contributed by atoms with van der Waals surface area (Å²) < 4.78 is 26.8. The smallest absolute Gasteiger partial charge is 0.243 e. The summed E-state index contributed by atoms with van der Waals surface area (Å²) in [5.74, 6) is 0. The Balaban J connectivity index is 2.33. The maximum absolute atomic E-state index is 12.7. The Hall–Kier alpha value is -1.69. The fraction of sp³-hybridized carbons (Fsp3) is 0.250. The third kappa shape index (κ3) is 3.32. The lowest BCUT2D eigenvalue weighted by atomic mass is 10.1. The molecule has 21 heavy (non-hydrogen) atoms. The third-order valence-electron chi connectivity index (χ3n) is 3.54. The van der Waals surface area contributed by atoms with Crippen molar-refractivity contribution >= 4 is 10.0 Å². The molecule has 4 nitrogen and oxygen atoms in total. The van der Waals surface area contributed by atoms with E-state index in [1.165, 1.54) is 4.31 Å². The highest BCUT2D eigenvalue weighted by molar-refractivity contribution is 7.89. The van der Waals surface area contributed by atoms with Gasteiger partial charge in [-0.3, -0.25) is 0 Å². The van der Waals surface area contributed by atoms with Crippen LogP contribution >= 0.6 is 0 Å². The number of nitrogens with zero attached hydrogens (tertiary/aromatic N) is 1. The molecule has 0 heterocycles. The molecule has 0 aliphatic heterocycles. The van der Waals surface area contributed by atoms with Crippen LogP contribution in [0.15, 0.2) is 53.4 Å². The van der Waals surface area contributed by atoms with E-state index in [0.717, 1.165) is 11.1 Å². The number of rotatable bonds is 5. The minimum Gasteiger partial charge on any atom is -0.326 e. The van der Waals surface area contributed by atoms with Crippen molar-refractivity contribution in [1.82, 2.24) is 4.31 Å². The summed E-state index contributed by atoms with van der Waals surface area (Å²) in [4.78, 5) is 0.281. The van der Waals surface area contributed by atoms with Crippen molar-refractivity contribution in [2.45, 2.75) is 24.9 Å². The maximum atomic E-state index is 12.7. The van der Waals surface area contributed by atoms with E-state index in [9.17, 15) is 8.42 Å². The summed E-state index contributed by atoms with van der Waals surface area (Å²) in [7, 11) is -1.95. The van der Waals surface area contributed by atoms with Crippen molar-refractivity contribution < 1.29 is 8.42 Å². The fourth-order valence-corrected chi connectivity index (χ4v) is 3.58. The second kappa shape index (κ2) is 6.39.